The second-order valence-electron chi connectivity index (χ2n) is 4.24. The molecule has 1 aromatic carbocycles. The van der Waals surface area contributed by atoms with Gasteiger partial charge in [0.05, 0.1) is 0 Å². The largest absolute Gasteiger partial charge is 0.314 e. The van der Waals surface area contributed by atoms with E-state index in [0.29, 0.717) is 6.04 Å². The molecule has 3 heteroatoms. The first-order valence-electron chi connectivity index (χ1n) is 5.90. The molecule has 1 aliphatic heterocycles. The summed E-state index contributed by atoms with van der Waals surface area (Å²) in [5, 5.41) is 3.39. The molecule has 1 atom stereocenters. The van der Waals surface area contributed by atoms with Crippen molar-refractivity contribution in [2.75, 3.05) is 32.4 Å². The van der Waals surface area contributed by atoms with Crippen molar-refractivity contribution < 1.29 is 0 Å². The van der Waals surface area contributed by atoms with Gasteiger partial charge in [-0.15, -0.1) is 11.8 Å². The fraction of sp³-hybridized carbons (Fsp3) is 0.538. The lowest BCUT2D eigenvalue weighted by molar-refractivity contribution is 0.185. The van der Waals surface area contributed by atoms with E-state index in [1.165, 1.54) is 10.5 Å². The predicted molar refractivity (Wildman–Crippen MR) is 71.1 cm³/mol. The average molecular weight is 236 g/mol. The summed E-state index contributed by atoms with van der Waals surface area (Å²) in [6.45, 7) is 6.86. The molecular weight excluding hydrogens is 216 g/mol. The fourth-order valence-corrected chi connectivity index (χ4v) is 2.57. The number of rotatable bonds is 3. The van der Waals surface area contributed by atoms with Crippen molar-refractivity contribution in [2.45, 2.75) is 17.9 Å². The van der Waals surface area contributed by atoms with Gasteiger partial charge in [0.2, 0.25) is 0 Å². The van der Waals surface area contributed by atoms with Gasteiger partial charge in [0.25, 0.3) is 0 Å². The minimum Gasteiger partial charge on any atom is -0.314 e. The molecule has 2 rings (SSSR count). The number of nitrogens with one attached hydrogen (secondary N) is 1. The highest BCUT2D eigenvalue weighted by Gasteiger charge is 2.17. The summed E-state index contributed by atoms with van der Waals surface area (Å²) in [7, 11) is 0. The van der Waals surface area contributed by atoms with E-state index in [1.807, 2.05) is 0 Å². The van der Waals surface area contributed by atoms with Crippen molar-refractivity contribution in [1.82, 2.24) is 10.2 Å². The Labute approximate surface area is 102 Å². The summed E-state index contributed by atoms with van der Waals surface area (Å²) < 4.78 is 0. The zero-order valence-electron chi connectivity index (χ0n) is 10.1. The molecule has 0 spiro atoms. The van der Waals surface area contributed by atoms with Crippen molar-refractivity contribution in [3.8, 4) is 0 Å². The van der Waals surface area contributed by atoms with Crippen molar-refractivity contribution in [2.24, 2.45) is 0 Å². The maximum absolute atomic E-state index is 3.39. The molecule has 0 bridgehead atoms. The van der Waals surface area contributed by atoms with Crippen molar-refractivity contribution in [3.05, 3.63) is 29.8 Å². The zero-order chi connectivity index (χ0) is 11.4. The van der Waals surface area contributed by atoms with Gasteiger partial charge in [0.1, 0.15) is 0 Å². The van der Waals surface area contributed by atoms with Gasteiger partial charge in [-0.3, -0.25) is 4.90 Å². The molecule has 1 fully saturated rings. The summed E-state index contributed by atoms with van der Waals surface area (Å²) in [6.07, 6.45) is 2.12. The number of thioether (sulfide) groups is 1. The first-order valence-corrected chi connectivity index (χ1v) is 7.12. The smallest absolute Gasteiger partial charge is 0.0320 e. The molecule has 1 aliphatic rings. The Bertz CT molecular complexity index is 317. The van der Waals surface area contributed by atoms with Crippen LogP contribution in [0.1, 0.15) is 18.5 Å². The van der Waals surface area contributed by atoms with Gasteiger partial charge in [-0.2, -0.15) is 0 Å². The second kappa shape index (κ2) is 5.71. The lowest BCUT2D eigenvalue weighted by Crippen LogP contribution is -2.44. The van der Waals surface area contributed by atoms with E-state index in [2.05, 4.69) is 47.7 Å². The van der Waals surface area contributed by atoms with Crippen LogP contribution in [0.15, 0.2) is 29.2 Å². The fourth-order valence-electron chi connectivity index (χ4n) is 2.16. The van der Waals surface area contributed by atoms with Gasteiger partial charge >= 0.3 is 0 Å². The Morgan fingerprint density at radius 1 is 1.19 bits per heavy atom. The highest BCUT2D eigenvalue weighted by atomic mass is 32.2. The first kappa shape index (κ1) is 12.0. The Morgan fingerprint density at radius 3 is 2.38 bits per heavy atom. The summed E-state index contributed by atoms with van der Waals surface area (Å²) in [6, 6.07) is 9.51. The number of piperazine rings is 1. The lowest BCUT2D eigenvalue weighted by Gasteiger charge is -2.33. The van der Waals surface area contributed by atoms with E-state index >= 15 is 0 Å². The monoisotopic (exact) mass is 236 g/mol. The predicted octanol–water partition coefficient (Wildman–Crippen LogP) is 2.37. The number of hydrogen-bond donors (Lipinski definition) is 1. The second-order valence-corrected chi connectivity index (χ2v) is 5.11. The van der Waals surface area contributed by atoms with Gasteiger partial charge < -0.3 is 5.32 Å². The van der Waals surface area contributed by atoms with Crippen LogP contribution in [0.3, 0.4) is 0 Å². The molecule has 1 heterocycles. The maximum atomic E-state index is 3.39. The van der Waals surface area contributed by atoms with E-state index < -0.39 is 0 Å². The third kappa shape index (κ3) is 2.78. The molecule has 0 aromatic heterocycles. The van der Waals surface area contributed by atoms with Gasteiger partial charge in [-0.1, -0.05) is 12.1 Å². The Hall–Kier alpha value is -0.510. The van der Waals surface area contributed by atoms with Crippen molar-refractivity contribution in [1.29, 1.82) is 0 Å². The summed E-state index contributed by atoms with van der Waals surface area (Å²) in [5.41, 5.74) is 1.43. The van der Waals surface area contributed by atoms with E-state index in [4.69, 9.17) is 0 Å². The summed E-state index contributed by atoms with van der Waals surface area (Å²) in [5.74, 6) is 0. The molecule has 1 unspecified atom stereocenters. The topological polar surface area (TPSA) is 15.3 Å². The van der Waals surface area contributed by atoms with Crippen LogP contribution in [0.4, 0.5) is 0 Å². The van der Waals surface area contributed by atoms with Crippen LogP contribution in [-0.4, -0.2) is 37.3 Å². The van der Waals surface area contributed by atoms with Crippen LogP contribution in [0, 0.1) is 0 Å². The first-order chi connectivity index (χ1) is 7.81. The molecule has 0 saturated carbocycles. The molecule has 0 radical (unpaired) electrons. The van der Waals surface area contributed by atoms with Crippen molar-refractivity contribution in [3.63, 3.8) is 0 Å². The maximum Gasteiger partial charge on any atom is 0.0320 e. The average Bonchev–Trinajstić information content (AvgIpc) is 2.39. The molecule has 0 aliphatic carbocycles. The van der Waals surface area contributed by atoms with Gasteiger partial charge in [-0.25, -0.2) is 0 Å². The Balaban J connectivity index is 2.04. The molecule has 88 valence electrons. The lowest BCUT2D eigenvalue weighted by atomic mass is 10.1. The highest BCUT2D eigenvalue weighted by molar-refractivity contribution is 7.98. The third-order valence-electron chi connectivity index (χ3n) is 3.30. The summed E-state index contributed by atoms with van der Waals surface area (Å²) >= 11 is 1.80. The third-order valence-corrected chi connectivity index (χ3v) is 4.04. The number of hydrogen-bond acceptors (Lipinski definition) is 3. The molecule has 1 N–H and O–H groups in total. The van der Waals surface area contributed by atoms with Gasteiger partial charge in [0.15, 0.2) is 0 Å². The normalized spacial score (nSPS) is 19.6. The van der Waals surface area contributed by atoms with Crippen LogP contribution < -0.4 is 5.32 Å². The van der Waals surface area contributed by atoms with Crippen LogP contribution >= 0.6 is 11.8 Å². The Morgan fingerprint density at radius 2 is 1.81 bits per heavy atom. The van der Waals surface area contributed by atoms with Gasteiger partial charge in [0, 0.05) is 37.1 Å². The van der Waals surface area contributed by atoms with Crippen molar-refractivity contribution >= 4 is 11.8 Å². The molecule has 16 heavy (non-hydrogen) atoms. The number of nitrogens with zero attached hydrogens (tertiary/aromatic N) is 1. The molecule has 1 saturated heterocycles. The Kier molecular flexibility index (Phi) is 4.27. The van der Waals surface area contributed by atoms with E-state index in [0.717, 1.165) is 26.2 Å². The number of benzene rings is 1. The standard InChI is InChI=1S/C13H20N2S/c1-11(15-9-7-14-8-10-15)12-3-5-13(16-2)6-4-12/h3-6,11,14H,7-10H2,1-2H3. The van der Waals surface area contributed by atoms with E-state index in [-0.39, 0.29) is 0 Å². The SMILES string of the molecule is CSc1ccc(C(C)N2CCNCC2)cc1. The highest BCUT2D eigenvalue weighted by Crippen LogP contribution is 2.23. The summed E-state index contributed by atoms with van der Waals surface area (Å²) in [4.78, 5) is 3.89. The van der Waals surface area contributed by atoms with Crippen LogP contribution in [0.5, 0.6) is 0 Å². The minimum atomic E-state index is 0.540. The molecule has 0 amide bonds. The molecule has 2 nitrogen and oxygen atoms in total. The van der Waals surface area contributed by atoms with E-state index in [9.17, 15) is 0 Å². The zero-order valence-corrected chi connectivity index (χ0v) is 10.9. The quantitative estimate of drug-likeness (QED) is 0.811. The van der Waals surface area contributed by atoms with E-state index in [1.54, 1.807) is 11.8 Å². The van der Waals surface area contributed by atoms with Gasteiger partial charge in [-0.05, 0) is 30.9 Å². The van der Waals surface area contributed by atoms with Crippen LogP contribution in [-0.2, 0) is 0 Å². The molecule has 1 aromatic rings. The minimum absolute atomic E-state index is 0.540. The van der Waals surface area contributed by atoms with Crippen LogP contribution in [0.2, 0.25) is 0 Å². The molecular formula is C13H20N2S. The van der Waals surface area contributed by atoms with Crippen LogP contribution in [0.25, 0.3) is 0 Å².